The summed E-state index contributed by atoms with van der Waals surface area (Å²) in [6, 6.07) is 13.0. The molecule has 2 heterocycles. The maximum Gasteiger partial charge on any atom is 0.0651 e. The first-order chi connectivity index (χ1) is 10.3. The molecule has 108 valence electrons. The van der Waals surface area contributed by atoms with E-state index in [0.717, 1.165) is 25.3 Å². The zero-order chi connectivity index (χ0) is 14.7. The topological polar surface area (TPSA) is 29.9 Å². The van der Waals surface area contributed by atoms with E-state index >= 15 is 0 Å². The van der Waals surface area contributed by atoms with Crippen LogP contribution in [0.5, 0.6) is 0 Å². The Morgan fingerprint density at radius 2 is 2.10 bits per heavy atom. The highest BCUT2D eigenvalue weighted by molar-refractivity contribution is 5.81. The summed E-state index contributed by atoms with van der Waals surface area (Å²) in [5.41, 5.74) is 4.96. The van der Waals surface area contributed by atoms with Crippen molar-refractivity contribution in [3.05, 3.63) is 65.6 Å². The lowest BCUT2D eigenvalue weighted by Crippen LogP contribution is -2.11. The zero-order valence-electron chi connectivity index (χ0n) is 12.6. The lowest BCUT2D eigenvalue weighted by atomic mass is 10.1. The second kappa shape index (κ2) is 6.10. The smallest absolute Gasteiger partial charge is 0.0651 e. The Labute approximate surface area is 125 Å². The predicted octanol–water partition coefficient (Wildman–Crippen LogP) is 3.50. The average molecular weight is 279 g/mol. The minimum atomic E-state index is 0.822. The number of nitrogens with zero attached hydrogens (tertiary/aromatic N) is 2. The van der Waals surface area contributed by atoms with Gasteiger partial charge in [0, 0.05) is 24.5 Å². The van der Waals surface area contributed by atoms with Gasteiger partial charge in [-0.1, -0.05) is 19.1 Å². The van der Waals surface area contributed by atoms with Crippen molar-refractivity contribution in [3.8, 4) is 0 Å². The molecule has 0 unspecified atom stereocenters. The predicted molar refractivity (Wildman–Crippen MR) is 87.4 cm³/mol. The van der Waals surface area contributed by atoms with E-state index < -0.39 is 0 Å². The summed E-state index contributed by atoms with van der Waals surface area (Å²) in [5.74, 6) is 0. The molecule has 0 aliphatic carbocycles. The van der Waals surface area contributed by atoms with Crippen LogP contribution in [-0.4, -0.2) is 16.1 Å². The van der Waals surface area contributed by atoms with Crippen LogP contribution >= 0.6 is 0 Å². The molecule has 3 rings (SSSR count). The Morgan fingerprint density at radius 3 is 2.90 bits per heavy atom. The van der Waals surface area contributed by atoms with Gasteiger partial charge in [-0.2, -0.15) is 0 Å². The molecule has 0 saturated heterocycles. The van der Waals surface area contributed by atoms with Crippen LogP contribution in [0.4, 0.5) is 0 Å². The Kier molecular flexibility index (Phi) is 4.02. The van der Waals surface area contributed by atoms with Gasteiger partial charge in [0.05, 0.1) is 12.2 Å². The average Bonchev–Trinajstić information content (AvgIpc) is 2.90. The molecule has 1 aromatic carbocycles. The number of benzene rings is 1. The molecule has 0 fully saturated rings. The van der Waals surface area contributed by atoms with E-state index in [1.54, 1.807) is 0 Å². The molecular weight excluding hydrogens is 258 g/mol. The number of hydrogen-bond donors (Lipinski definition) is 1. The third kappa shape index (κ3) is 2.98. The zero-order valence-corrected chi connectivity index (χ0v) is 12.6. The van der Waals surface area contributed by atoms with Crippen molar-refractivity contribution in [1.82, 2.24) is 14.9 Å². The maximum atomic E-state index is 4.49. The molecule has 0 aliphatic rings. The van der Waals surface area contributed by atoms with Crippen molar-refractivity contribution in [3.63, 3.8) is 0 Å². The van der Waals surface area contributed by atoms with Crippen molar-refractivity contribution in [2.24, 2.45) is 0 Å². The molecule has 3 aromatic rings. The Morgan fingerprint density at radius 1 is 1.19 bits per heavy atom. The van der Waals surface area contributed by atoms with E-state index in [0.29, 0.717) is 0 Å². The molecule has 3 nitrogen and oxygen atoms in total. The molecule has 0 bridgehead atoms. The highest BCUT2D eigenvalue weighted by Crippen LogP contribution is 2.19. The quantitative estimate of drug-likeness (QED) is 0.774. The highest BCUT2D eigenvalue weighted by atomic mass is 15.0. The van der Waals surface area contributed by atoms with Gasteiger partial charge in [0.1, 0.15) is 0 Å². The maximum absolute atomic E-state index is 4.49. The van der Waals surface area contributed by atoms with E-state index in [1.807, 2.05) is 12.3 Å². The van der Waals surface area contributed by atoms with Crippen molar-refractivity contribution in [2.45, 2.75) is 26.9 Å². The van der Waals surface area contributed by atoms with Gasteiger partial charge in [-0.25, -0.2) is 0 Å². The van der Waals surface area contributed by atoms with Gasteiger partial charge in [-0.15, -0.1) is 0 Å². The summed E-state index contributed by atoms with van der Waals surface area (Å²) in [5, 5.41) is 4.66. The normalized spacial score (nSPS) is 11.1. The van der Waals surface area contributed by atoms with Crippen LogP contribution < -0.4 is 5.32 Å². The molecule has 0 radical (unpaired) electrons. The first-order valence-electron chi connectivity index (χ1n) is 7.47. The van der Waals surface area contributed by atoms with E-state index in [2.05, 4.69) is 65.2 Å². The lowest BCUT2D eigenvalue weighted by Gasteiger charge is -2.08. The summed E-state index contributed by atoms with van der Waals surface area (Å²) < 4.78 is 2.27. The molecule has 0 amide bonds. The third-order valence-corrected chi connectivity index (χ3v) is 3.85. The monoisotopic (exact) mass is 279 g/mol. The number of rotatable bonds is 5. The summed E-state index contributed by atoms with van der Waals surface area (Å²) in [6.45, 7) is 6.99. The number of pyridine rings is 1. The van der Waals surface area contributed by atoms with E-state index in [9.17, 15) is 0 Å². The van der Waals surface area contributed by atoms with Crippen LogP contribution in [-0.2, 0) is 13.1 Å². The van der Waals surface area contributed by atoms with E-state index in [1.165, 1.54) is 22.0 Å². The lowest BCUT2D eigenvalue weighted by molar-refractivity contribution is 0.727. The van der Waals surface area contributed by atoms with Crippen molar-refractivity contribution in [1.29, 1.82) is 0 Å². The second-order valence-electron chi connectivity index (χ2n) is 5.38. The number of aryl methyl sites for hydroxylation is 1. The van der Waals surface area contributed by atoms with Gasteiger partial charge in [-0.3, -0.25) is 4.98 Å². The third-order valence-electron chi connectivity index (χ3n) is 3.85. The van der Waals surface area contributed by atoms with E-state index in [4.69, 9.17) is 0 Å². The highest BCUT2D eigenvalue weighted by Gasteiger charge is 2.05. The van der Waals surface area contributed by atoms with Gasteiger partial charge in [0.15, 0.2) is 0 Å². The molecule has 0 saturated carbocycles. The van der Waals surface area contributed by atoms with E-state index in [-0.39, 0.29) is 0 Å². The Balaban J connectivity index is 1.88. The Hall–Kier alpha value is -2.13. The van der Waals surface area contributed by atoms with Crippen molar-refractivity contribution in [2.75, 3.05) is 6.54 Å². The standard InChI is InChI=1S/C18H21N3/c1-3-19-12-15-6-7-18-16(11-15)8-10-21(18)13-17-14(2)5-4-9-20-17/h4-11,19H,3,12-13H2,1-2H3. The number of aromatic nitrogens is 2. The summed E-state index contributed by atoms with van der Waals surface area (Å²) >= 11 is 0. The van der Waals surface area contributed by atoms with Gasteiger partial charge in [0.25, 0.3) is 0 Å². The molecule has 0 spiro atoms. The number of fused-ring (bicyclic) bond motifs is 1. The van der Waals surface area contributed by atoms with Gasteiger partial charge < -0.3 is 9.88 Å². The number of nitrogens with one attached hydrogen (secondary N) is 1. The van der Waals surface area contributed by atoms with Crippen LogP contribution in [0.15, 0.2) is 48.8 Å². The number of hydrogen-bond acceptors (Lipinski definition) is 2. The molecule has 3 heteroatoms. The summed E-state index contributed by atoms with van der Waals surface area (Å²) in [4.78, 5) is 4.49. The Bertz CT molecular complexity index is 743. The molecule has 21 heavy (non-hydrogen) atoms. The fourth-order valence-corrected chi connectivity index (χ4v) is 2.61. The first-order valence-corrected chi connectivity index (χ1v) is 7.47. The van der Waals surface area contributed by atoms with Gasteiger partial charge in [-0.05, 0) is 54.2 Å². The van der Waals surface area contributed by atoms with Crippen molar-refractivity contribution < 1.29 is 0 Å². The van der Waals surface area contributed by atoms with Gasteiger partial charge in [0.2, 0.25) is 0 Å². The summed E-state index contributed by atoms with van der Waals surface area (Å²) in [6.07, 6.45) is 4.01. The fraction of sp³-hybridized carbons (Fsp3) is 0.278. The molecule has 0 aliphatic heterocycles. The second-order valence-corrected chi connectivity index (χ2v) is 5.38. The van der Waals surface area contributed by atoms with Crippen LogP contribution in [0, 0.1) is 6.92 Å². The summed E-state index contributed by atoms with van der Waals surface area (Å²) in [7, 11) is 0. The first kappa shape index (κ1) is 13.8. The van der Waals surface area contributed by atoms with Crippen LogP contribution in [0.25, 0.3) is 10.9 Å². The fourth-order valence-electron chi connectivity index (χ4n) is 2.61. The molecule has 0 atom stereocenters. The van der Waals surface area contributed by atoms with Crippen LogP contribution in [0.1, 0.15) is 23.7 Å². The van der Waals surface area contributed by atoms with Crippen molar-refractivity contribution >= 4 is 10.9 Å². The minimum absolute atomic E-state index is 0.822. The van der Waals surface area contributed by atoms with Crippen LogP contribution in [0.3, 0.4) is 0 Å². The molecular formula is C18H21N3. The molecule has 2 aromatic heterocycles. The minimum Gasteiger partial charge on any atom is -0.341 e. The SMILES string of the molecule is CCNCc1ccc2c(ccn2Cc2ncccc2C)c1. The van der Waals surface area contributed by atoms with Gasteiger partial charge >= 0.3 is 0 Å². The largest absolute Gasteiger partial charge is 0.341 e. The van der Waals surface area contributed by atoms with Crippen LogP contribution in [0.2, 0.25) is 0 Å². The molecule has 1 N–H and O–H groups in total.